The minimum atomic E-state index is -0.165. The Morgan fingerprint density at radius 3 is 2.79 bits per heavy atom. The third kappa shape index (κ3) is 2.47. The fourth-order valence-electron chi connectivity index (χ4n) is 1.52. The van der Waals surface area contributed by atoms with Gasteiger partial charge in [-0.2, -0.15) is 0 Å². The van der Waals surface area contributed by atoms with Gasteiger partial charge in [0.2, 0.25) is 0 Å². The highest BCUT2D eigenvalue weighted by Gasteiger charge is 2.10. The SMILES string of the molecule is CCc1ccc(O)cc1C(N)COC. The molecule has 1 atom stereocenters. The summed E-state index contributed by atoms with van der Waals surface area (Å²) in [5, 5.41) is 9.35. The third-order valence-electron chi connectivity index (χ3n) is 2.26. The van der Waals surface area contributed by atoms with E-state index in [0.29, 0.717) is 6.61 Å². The van der Waals surface area contributed by atoms with Gasteiger partial charge in [0.05, 0.1) is 12.6 Å². The molecule has 0 aliphatic heterocycles. The van der Waals surface area contributed by atoms with Crippen LogP contribution in [0.25, 0.3) is 0 Å². The molecule has 0 saturated carbocycles. The molecule has 0 aromatic heterocycles. The molecule has 14 heavy (non-hydrogen) atoms. The van der Waals surface area contributed by atoms with Crippen LogP contribution in [0.5, 0.6) is 5.75 Å². The standard InChI is InChI=1S/C11H17NO2/c1-3-8-4-5-9(13)6-10(8)11(12)7-14-2/h4-6,11,13H,3,7,12H2,1-2H3. The first-order valence-corrected chi connectivity index (χ1v) is 4.75. The summed E-state index contributed by atoms with van der Waals surface area (Å²) in [6.07, 6.45) is 0.910. The van der Waals surface area contributed by atoms with Gasteiger partial charge in [0.1, 0.15) is 5.75 Å². The summed E-state index contributed by atoms with van der Waals surface area (Å²) in [5.41, 5.74) is 8.04. The molecule has 1 unspecified atom stereocenters. The fourth-order valence-corrected chi connectivity index (χ4v) is 1.52. The lowest BCUT2D eigenvalue weighted by atomic mass is 9.99. The zero-order valence-electron chi connectivity index (χ0n) is 8.66. The van der Waals surface area contributed by atoms with E-state index in [4.69, 9.17) is 10.5 Å². The van der Waals surface area contributed by atoms with E-state index in [1.165, 1.54) is 0 Å². The number of hydrogen-bond acceptors (Lipinski definition) is 3. The molecule has 1 aromatic rings. The van der Waals surface area contributed by atoms with Crippen molar-refractivity contribution >= 4 is 0 Å². The maximum absolute atomic E-state index is 9.35. The van der Waals surface area contributed by atoms with Crippen LogP contribution in [0.3, 0.4) is 0 Å². The van der Waals surface area contributed by atoms with E-state index in [0.717, 1.165) is 17.5 Å². The van der Waals surface area contributed by atoms with Gasteiger partial charge in [0.25, 0.3) is 0 Å². The number of rotatable bonds is 4. The summed E-state index contributed by atoms with van der Waals surface area (Å²) in [6.45, 7) is 2.53. The van der Waals surface area contributed by atoms with Gasteiger partial charge in [-0.25, -0.2) is 0 Å². The largest absolute Gasteiger partial charge is 0.508 e. The Hall–Kier alpha value is -1.06. The van der Waals surface area contributed by atoms with E-state index in [-0.39, 0.29) is 11.8 Å². The summed E-state index contributed by atoms with van der Waals surface area (Å²) in [5.74, 6) is 0.253. The van der Waals surface area contributed by atoms with Gasteiger partial charge in [0.15, 0.2) is 0 Å². The zero-order valence-corrected chi connectivity index (χ0v) is 8.66. The van der Waals surface area contributed by atoms with Gasteiger partial charge in [-0.1, -0.05) is 13.0 Å². The fraction of sp³-hybridized carbons (Fsp3) is 0.455. The van der Waals surface area contributed by atoms with Crippen molar-refractivity contribution in [2.45, 2.75) is 19.4 Å². The van der Waals surface area contributed by atoms with Gasteiger partial charge < -0.3 is 15.6 Å². The van der Waals surface area contributed by atoms with Crippen molar-refractivity contribution in [3.63, 3.8) is 0 Å². The number of benzene rings is 1. The molecule has 0 aliphatic carbocycles. The average Bonchev–Trinajstić information content (AvgIpc) is 2.18. The highest BCUT2D eigenvalue weighted by molar-refractivity contribution is 5.36. The Labute approximate surface area is 84.5 Å². The summed E-state index contributed by atoms with van der Waals surface area (Å²) < 4.78 is 4.99. The van der Waals surface area contributed by atoms with E-state index in [9.17, 15) is 5.11 Å². The minimum Gasteiger partial charge on any atom is -0.508 e. The molecule has 0 spiro atoms. The second-order valence-corrected chi connectivity index (χ2v) is 3.30. The number of ether oxygens (including phenoxy) is 1. The lowest BCUT2D eigenvalue weighted by molar-refractivity contribution is 0.180. The van der Waals surface area contributed by atoms with Crippen LogP contribution in [0.1, 0.15) is 24.1 Å². The first-order valence-electron chi connectivity index (χ1n) is 4.75. The highest BCUT2D eigenvalue weighted by Crippen LogP contribution is 2.22. The molecule has 3 nitrogen and oxygen atoms in total. The van der Waals surface area contributed by atoms with Crippen molar-refractivity contribution in [1.29, 1.82) is 0 Å². The zero-order chi connectivity index (χ0) is 10.6. The Morgan fingerprint density at radius 2 is 2.21 bits per heavy atom. The smallest absolute Gasteiger partial charge is 0.115 e. The molecule has 1 aromatic carbocycles. The van der Waals surface area contributed by atoms with Crippen LogP contribution in [-0.4, -0.2) is 18.8 Å². The first-order chi connectivity index (χ1) is 6.69. The number of phenolic OH excluding ortho intramolecular Hbond substituents is 1. The second-order valence-electron chi connectivity index (χ2n) is 3.30. The lowest BCUT2D eigenvalue weighted by Gasteiger charge is -2.15. The summed E-state index contributed by atoms with van der Waals surface area (Å²) in [6, 6.07) is 5.13. The lowest BCUT2D eigenvalue weighted by Crippen LogP contribution is -2.17. The van der Waals surface area contributed by atoms with Crippen LogP contribution in [0.2, 0.25) is 0 Å². The maximum Gasteiger partial charge on any atom is 0.115 e. The normalized spacial score (nSPS) is 12.8. The molecule has 0 saturated heterocycles. The van der Waals surface area contributed by atoms with Crippen LogP contribution >= 0.6 is 0 Å². The second kappa shape index (κ2) is 4.98. The average molecular weight is 195 g/mol. The van der Waals surface area contributed by atoms with Crippen molar-refractivity contribution in [3.05, 3.63) is 29.3 Å². The predicted octanol–water partition coefficient (Wildman–Crippen LogP) is 1.60. The van der Waals surface area contributed by atoms with Crippen molar-refractivity contribution in [2.75, 3.05) is 13.7 Å². The van der Waals surface area contributed by atoms with Crippen molar-refractivity contribution in [1.82, 2.24) is 0 Å². The van der Waals surface area contributed by atoms with E-state index in [2.05, 4.69) is 6.92 Å². The van der Waals surface area contributed by atoms with Crippen molar-refractivity contribution < 1.29 is 9.84 Å². The van der Waals surface area contributed by atoms with Crippen LogP contribution < -0.4 is 5.73 Å². The summed E-state index contributed by atoms with van der Waals surface area (Å²) in [7, 11) is 1.62. The van der Waals surface area contributed by atoms with Crippen molar-refractivity contribution in [3.8, 4) is 5.75 Å². The summed E-state index contributed by atoms with van der Waals surface area (Å²) in [4.78, 5) is 0. The molecule has 0 amide bonds. The van der Waals surface area contributed by atoms with Crippen LogP contribution in [-0.2, 0) is 11.2 Å². The summed E-state index contributed by atoms with van der Waals surface area (Å²) >= 11 is 0. The molecule has 0 fully saturated rings. The number of phenols is 1. The third-order valence-corrected chi connectivity index (χ3v) is 2.26. The molecule has 0 bridgehead atoms. The molecule has 3 N–H and O–H groups in total. The van der Waals surface area contributed by atoms with E-state index < -0.39 is 0 Å². The Balaban J connectivity index is 2.97. The van der Waals surface area contributed by atoms with E-state index in [1.807, 2.05) is 6.07 Å². The molecule has 78 valence electrons. The van der Waals surface area contributed by atoms with Gasteiger partial charge in [-0.15, -0.1) is 0 Å². The number of methoxy groups -OCH3 is 1. The Morgan fingerprint density at radius 1 is 1.50 bits per heavy atom. The van der Waals surface area contributed by atoms with Crippen LogP contribution in [0, 0.1) is 0 Å². The van der Waals surface area contributed by atoms with E-state index in [1.54, 1.807) is 19.2 Å². The minimum absolute atomic E-state index is 0.165. The Bertz CT molecular complexity index is 299. The molecule has 0 aliphatic rings. The molecule has 0 radical (unpaired) electrons. The number of hydrogen-bond donors (Lipinski definition) is 2. The van der Waals surface area contributed by atoms with E-state index >= 15 is 0 Å². The number of aryl methyl sites for hydroxylation is 1. The number of nitrogens with two attached hydrogens (primary N) is 1. The predicted molar refractivity (Wildman–Crippen MR) is 56.3 cm³/mol. The number of aromatic hydroxyl groups is 1. The molecular formula is C11H17NO2. The quantitative estimate of drug-likeness (QED) is 0.767. The Kier molecular flexibility index (Phi) is 3.92. The van der Waals surface area contributed by atoms with Crippen molar-refractivity contribution in [2.24, 2.45) is 5.73 Å². The molecule has 3 heteroatoms. The van der Waals surface area contributed by atoms with Gasteiger partial charge in [0, 0.05) is 7.11 Å². The first kappa shape index (κ1) is 11.0. The molecule has 1 rings (SSSR count). The van der Waals surface area contributed by atoms with Crippen LogP contribution in [0.4, 0.5) is 0 Å². The molecule has 0 heterocycles. The van der Waals surface area contributed by atoms with Crippen LogP contribution in [0.15, 0.2) is 18.2 Å². The van der Waals surface area contributed by atoms with Gasteiger partial charge >= 0.3 is 0 Å². The molecular weight excluding hydrogens is 178 g/mol. The van der Waals surface area contributed by atoms with Gasteiger partial charge in [-0.05, 0) is 29.7 Å². The topological polar surface area (TPSA) is 55.5 Å². The monoisotopic (exact) mass is 195 g/mol. The van der Waals surface area contributed by atoms with Gasteiger partial charge in [-0.3, -0.25) is 0 Å². The maximum atomic E-state index is 9.35. The highest BCUT2D eigenvalue weighted by atomic mass is 16.5.